The fraction of sp³-hybridized carbons (Fsp3) is 0.650. The molecule has 142 valence electrons. The molecule has 1 saturated carbocycles. The van der Waals surface area contributed by atoms with Crippen LogP contribution in [0.25, 0.3) is 0 Å². The molecule has 26 heavy (non-hydrogen) atoms. The smallest absolute Gasteiger partial charge is 0.245 e. The zero-order valence-corrected chi connectivity index (χ0v) is 16.4. The second-order valence-electron chi connectivity index (χ2n) is 7.58. The van der Waals surface area contributed by atoms with Crippen molar-refractivity contribution in [3.05, 3.63) is 28.7 Å². The first kappa shape index (κ1) is 19.1. The number of rotatable bonds is 4. The summed E-state index contributed by atoms with van der Waals surface area (Å²) in [7, 11) is 0. The van der Waals surface area contributed by atoms with E-state index in [1.165, 1.54) is 18.9 Å². The second-order valence-corrected chi connectivity index (χ2v) is 8.44. The standard InChI is InChI=1S/C20H29N3O2S/c1-3-17(24)23-12-8-16(9-13-23)18(25)22-20(10-6-4-5-7-11-20)19-21-15(2)14-26-19/h3,14,16H,1,4-13H2,2H3,(H,22,25). The first-order valence-corrected chi connectivity index (χ1v) is 10.6. The van der Waals surface area contributed by atoms with Gasteiger partial charge in [-0.2, -0.15) is 0 Å². The lowest BCUT2D eigenvalue weighted by molar-refractivity contribution is -0.133. The van der Waals surface area contributed by atoms with E-state index < -0.39 is 0 Å². The topological polar surface area (TPSA) is 62.3 Å². The van der Waals surface area contributed by atoms with E-state index in [0.717, 1.165) is 49.2 Å². The molecule has 1 aromatic rings. The molecule has 1 aliphatic heterocycles. The molecule has 1 saturated heterocycles. The lowest BCUT2D eigenvalue weighted by atomic mass is 9.88. The molecule has 1 aliphatic carbocycles. The Morgan fingerprint density at radius 1 is 1.27 bits per heavy atom. The van der Waals surface area contributed by atoms with E-state index in [-0.39, 0.29) is 23.3 Å². The molecule has 2 fully saturated rings. The summed E-state index contributed by atoms with van der Waals surface area (Å²) < 4.78 is 0. The molecular weight excluding hydrogens is 346 g/mol. The van der Waals surface area contributed by atoms with Gasteiger partial charge in [-0.25, -0.2) is 4.98 Å². The number of carbonyl (C=O) groups excluding carboxylic acids is 2. The van der Waals surface area contributed by atoms with Crippen molar-refractivity contribution >= 4 is 23.2 Å². The lowest BCUT2D eigenvalue weighted by Crippen LogP contribution is -2.50. The Kier molecular flexibility index (Phi) is 6.12. The second kappa shape index (κ2) is 8.33. The van der Waals surface area contributed by atoms with Gasteiger partial charge in [0.15, 0.2) is 0 Å². The Bertz CT molecular complexity index is 654. The van der Waals surface area contributed by atoms with E-state index >= 15 is 0 Å². The van der Waals surface area contributed by atoms with Crippen LogP contribution in [0, 0.1) is 12.8 Å². The molecule has 0 radical (unpaired) electrons. The van der Waals surface area contributed by atoms with Crippen LogP contribution in [-0.4, -0.2) is 34.8 Å². The zero-order chi connectivity index (χ0) is 18.6. The predicted octanol–water partition coefficient (Wildman–Crippen LogP) is 3.54. The van der Waals surface area contributed by atoms with Crippen molar-refractivity contribution in [3.63, 3.8) is 0 Å². The number of nitrogens with zero attached hydrogens (tertiary/aromatic N) is 2. The summed E-state index contributed by atoms with van der Waals surface area (Å²) >= 11 is 1.67. The highest BCUT2D eigenvalue weighted by Gasteiger charge is 2.39. The average molecular weight is 376 g/mol. The fourth-order valence-corrected chi connectivity index (χ4v) is 5.14. The zero-order valence-electron chi connectivity index (χ0n) is 15.6. The van der Waals surface area contributed by atoms with Gasteiger partial charge in [-0.1, -0.05) is 32.3 Å². The molecule has 1 aromatic heterocycles. The van der Waals surface area contributed by atoms with E-state index in [4.69, 9.17) is 4.98 Å². The third-order valence-corrected chi connectivity index (χ3v) is 6.86. The summed E-state index contributed by atoms with van der Waals surface area (Å²) in [6.45, 7) is 6.82. The van der Waals surface area contributed by atoms with E-state index in [1.54, 1.807) is 16.2 Å². The Morgan fingerprint density at radius 2 is 1.92 bits per heavy atom. The molecule has 2 aliphatic rings. The molecule has 0 spiro atoms. The van der Waals surface area contributed by atoms with E-state index in [9.17, 15) is 9.59 Å². The molecule has 2 amide bonds. The highest BCUT2D eigenvalue weighted by Crippen LogP contribution is 2.38. The van der Waals surface area contributed by atoms with Crippen LogP contribution in [0.5, 0.6) is 0 Å². The molecule has 2 heterocycles. The summed E-state index contributed by atoms with van der Waals surface area (Å²) in [6.07, 6.45) is 9.45. The number of aromatic nitrogens is 1. The number of hydrogen-bond donors (Lipinski definition) is 1. The van der Waals surface area contributed by atoms with Crippen LogP contribution in [0.4, 0.5) is 0 Å². The molecule has 5 nitrogen and oxygen atoms in total. The molecule has 1 N–H and O–H groups in total. The lowest BCUT2D eigenvalue weighted by Gasteiger charge is -2.36. The first-order chi connectivity index (χ1) is 12.5. The Labute approximate surface area is 159 Å². The number of aryl methyl sites for hydroxylation is 1. The molecule has 0 aromatic carbocycles. The van der Waals surface area contributed by atoms with Crippen LogP contribution in [0.15, 0.2) is 18.0 Å². The van der Waals surface area contributed by atoms with Crippen LogP contribution in [-0.2, 0) is 15.1 Å². The summed E-state index contributed by atoms with van der Waals surface area (Å²) in [5, 5.41) is 6.55. The summed E-state index contributed by atoms with van der Waals surface area (Å²) in [5.74, 6) is 0.0675. The molecule has 3 rings (SSSR count). The SMILES string of the molecule is C=CC(=O)N1CCC(C(=O)NC2(c3nc(C)cs3)CCCCCC2)CC1. The van der Waals surface area contributed by atoms with Gasteiger partial charge in [-0.05, 0) is 38.7 Å². The van der Waals surface area contributed by atoms with Gasteiger partial charge >= 0.3 is 0 Å². The van der Waals surface area contributed by atoms with E-state index in [1.807, 2.05) is 6.92 Å². The van der Waals surface area contributed by atoms with Crippen molar-refractivity contribution < 1.29 is 9.59 Å². The predicted molar refractivity (Wildman–Crippen MR) is 104 cm³/mol. The minimum atomic E-state index is -0.305. The third-order valence-electron chi connectivity index (χ3n) is 5.70. The fourth-order valence-electron chi connectivity index (χ4n) is 4.13. The van der Waals surface area contributed by atoms with Crippen LogP contribution in [0.3, 0.4) is 0 Å². The maximum Gasteiger partial charge on any atom is 0.245 e. The number of likely N-dealkylation sites (tertiary alicyclic amines) is 1. The van der Waals surface area contributed by atoms with Gasteiger partial charge in [0.25, 0.3) is 0 Å². The van der Waals surface area contributed by atoms with Crippen molar-refractivity contribution in [1.82, 2.24) is 15.2 Å². The van der Waals surface area contributed by atoms with Gasteiger partial charge in [0.1, 0.15) is 5.01 Å². The largest absolute Gasteiger partial charge is 0.344 e. The van der Waals surface area contributed by atoms with Crippen molar-refractivity contribution in [1.29, 1.82) is 0 Å². The van der Waals surface area contributed by atoms with E-state index in [0.29, 0.717) is 13.1 Å². The molecular formula is C20H29N3O2S. The molecule has 0 bridgehead atoms. The number of carbonyl (C=O) groups is 2. The average Bonchev–Trinajstić information content (AvgIpc) is 2.96. The number of amides is 2. The number of nitrogens with one attached hydrogen (secondary N) is 1. The minimum Gasteiger partial charge on any atom is -0.344 e. The highest BCUT2D eigenvalue weighted by atomic mass is 32.1. The summed E-state index contributed by atoms with van der Waals surface area (Å²) in [5.41, 5.74) is 0.722. The molecule has 0 atom stereocenters. The first-order valence-electron chi connectivity index (χ1n) is 9.70. The van der Waals surface area contributed by atoms with Gasteiger partial charge in [0.2, 0.25) is 11.8 Å². The number of thiazole rings is 1. The van der Waals surface area contributed by atoms with Crippen molar-refractivity contribution in [3.8, 4) is 0 Å². The minimum absolute atomic E-state index is 0.0231. The number of hydrogen-bond acceptors (Lipinski definition) is 4. The van der Waals surface area contributed by atoms with Crippen LogP contribution in [0.1, 0.15) is 62.1 Å². The monoisotopic (exact) mass is 375 g/mol. The maximum atomic E-state index is 13.1. The van der Waals surface area contributed by atoms with Crippen LogP contribution < -0.4 is 5.32 Å². The molecule has 0 unspecified atom stereocenters. The van der Waals surface area contributed by atoms with Gasteiger partial charge in [-0.15, -0.1) is 11.3 Å². The van der Waals surface area contributed by atoms with Gasteiger partial charge in [0, 0.05) is 30.1 Å². The van der Waals surface area contributed by atoms with Gasteiger partial charge in [-0.3, -0.25) is 9.59 Å². The number of piperidine rings is 1. The molecule has 6 heteroatoms. The van der Waals surface area contributed by atoms with Crippen LogP contribution in [0.2, 0.25) is 0 Å². The summed E-state index contributed by atoms with van der Waals surface area (Å²) in [6, 6.07) is 0. The Hall–Kier alpha value is -1.69. The van der Waals surface area contributed by atoms with Gasteiger partial charge < -0.3 is 10.2 Å². The Balaban J connectivity index is 1.70. The quantitative estimate of drug-likeness (QED) is 0.647. The van der Waals surface area contributed by atoms with E-state index in [2.05, 4.69) is 17.3 Å². The van der Waals surface area contributed by atoms with Crippen molar-refractivity contribution in [2.75, 3.05) is 13.1 Å². The normalized spacial score (nSPS) is 21.0. The van der Waals surface area contributed by atoms with Crippen molar-refractivity contribution in [2.24, 2.45) is 5.92 Å². The van der Waals surface area contributed by atoms with Gasteiger partial charge in [0.05, 0.1) is 5.54 Å². The van der Waals surface area contributed by atoms with Crippen LogP contribution >= 0.6 is 11.3 Å². The van der Waals surface area contributed by atoms with Crippen molar-refractivity contribution in [2.45, 2.75) is 63.8 Å². The highest BCUT2D eigenvalue weighted by molar-refractivity contribution is 7.09. The maximum absolute atomic E-state index is 13.1. The summed E-state index contributed by atoms with van der Waals surface area (Å²) in [4.78, 5) is 31.3. The Morgan fingerprint density at radius 3 is 2.46 bits per heavy atom. The third kappa shape index (κ3) is 4.17.